The van der Waals surface area contributed by atoms with Crippen molar-refractivity contribution >= 4 is 17.8 Å². The van der Waals surface area contributed by atoms with Crippen molar-refractivity contribution < 1.29 is 32.3 Å². The summed E-state index contributed by atoms with van der Waals surface area (Å²) in [5.74, 6) is -2.17. The maximum atomic E-state index is 14.4. The minimum atomic E-state index is -5.23. The van der Waals surface area contributed by atoms with Crippen LogP contribution < -0.4 is 5.32 Å². The number of alkyl halides is 3. The number of nitrogens with one attached hydrogen (secondary N) is 1. The molecule has 3 rings (SSSR count). The summed E-state index contributed by atoms with van der Waals surface area (Å²) in [4.78, 5) is 39.3. The molecule has 2 amide bonds. The first kappa shape index (κ1) is 22.8. The number of alkyl carbamates (subject to hydrolysis) is 1. The van der Waals surface area contributed by atoms with Crippen molar-refractivity contribution in [3.05, 3.63) is 47.2 Å². The Morgan fingerprint density at radius 2 is 1.81 bits per heavy atom. The summed E-state index contributed by atoms with van der Waals surface area (Å²) in [5.41, 5.74) is -3.89. The van der Waals surface area contributed by atoms with Gasteiger partial charge in [-0.2, -0.15) is 13.2 Å². The molecule has 1 aromatic rings. The van der Waals surface area contributed by atoms with Crippen LogP contribution in [0.1, 0.15) is 39.2 Å². The third-order valence-corrected chi connectivity index (χ3v) is 5.58. The molecule has 0 fully saturated rings. The molecule has 0 bridgehead atoms. The monoisotopic (exact) mass is 438 g/mol. The lowest BCUT2D eigenvalue weighted by Gasteiger charge is -2.35. The zero-order valence-electron chi connectivity index (χ0n) is 17.6. The molecular weight excluding hydrogens is 413 g/mol. The number of hydrogen-bond donors (Lipinski definition) is 1. The highest BCUT2D eigenvalue weighted by Gasteiger charge is 2.71. The number of ketones is 1. The quantitative estimate of drug-likeness (QED) is 0.760. The van der Waals surface area contributed by atoms with Crippen molar-refractivity contribution in [2.75, 3.05) is 13.2 Å². The smallest absolute Gasteiger partial charge is 0.425 e. The normalized spacial score (nSPS) is 23.1. The first-order valence-corrected chi connectivity index (χ1v) is 10.1. The molecule has 2 aliphatic rings. The second kappa shape index (κ2) is 8.01. The highest BCUT2D eigenvalue weighted by atomic mass is 19.4. The molecule has 0 spiro atoms. The molecule has 1 aliphatic heterocycles. The van der Waals surface area contributed by atoms with Gasteiger partial charge in [-0.15, -0.1) is 0 Å². The molecule has 0 radical (unpaired) electrons. The average molecular weight is 438 g/mol. The van der Waals surface area contributed by atoms with Crippen LogP contribution in [-0.4, -0.2) is 47.6 Å². The number of nitrogens with zero attached hydrogens (tertiary/aromatic N) is 1. The van der Waals surface area contributed by atoms with E-state index in [2.05, 4.69) is 4.74 Å². The predicted molar refractivity (Wildman–Crippen MR) is 106 cm³/mol. The number of allylic oxidation sites excluding steroid dienone is 1. The van der Waals surface area contributed by atoms with Crippen LogP contribution in [0, 0.1) is 5.41 Å². The fourth-order valence-electron chi connectivity index (χ4n) is 4.27. The van der Waals surface area contributed by atoms with Gasteiger partial charge in [0.05, 0.1) is 12.2 Å². The van der Waals surface area contributed by atoms with Gasteiger partial charge in [0, 0.05) is 18.7 Å². The van der Waals surface area contributed by atoms with Crippen molar-refractivity contribution in [3.63, 3.8) is 0 Å². The molecule has 1 unspecified atom stereocenters. The Morgan fingerprint density at radius 3 is 2.39 bits per heavy atom. The third-order valence-electron chi connectivity index (χ3n) is 5.58. The molecular formula is C22H25F3N2O4. The standard InChI is InChI=1S/C22H25F3N2O4/c1-4-31-19(30)26-21(22(23,24)25)17-15(12-20(2,3)13-16(17)28)27(18(21)29)11-10-14-8-6-5-7-9-14/h5-9H,4,10-13H2,1-3H3,(H,26,30). The van der Waals surface area contributed by atoms with Crippen LogP contribution in [0.4, 0.5) is 18.0 Å². The van der Waals surface area contributed by atoms with Crippen LogP contribution in [0.15, 0.2) is 41.6 Å². The lowest BCUT2D eigenvalue weighted by Crippen LogP contribution is -2.66. The average Bonchev–Trinajstić information content (AvgIpc) is 2.88. The van der Waals surface area contributed by atoms with Crippen molar-refractivity contribution in [2.45, 2.75) is 51.7 Å². The van der Waals surface area contributed by atoms with Gasteiger partial charge in [0.1, 0.15) is 0 Å². The fourth-order valence-corrected chi connectivity index (χ4v) is 4.27. The van der Waals surface area contributed by atoms with Gasteiger partial charge in [0.2, 0.25) is 5.54 Å². The molecule has 1 atom stereocenters. The molecule has 1 heterocycles. The summed E-state index contributed by atoms with van der Waals surface area (Å²) in [6, 6.07) is 9.01. The van der Waals surface area contributed by atoms with E-state index >= 15 is 0 Å². The molecule has 31 heavy (non-hydrogen) atoms. The van der Waals surface area contributed by atoms with E-state index in [1.54, 1.807) is 43.4 Å². The zero-order valence-corrected chi connectivity index (χ0v) is 17.6. The Balaban J connectivity index is 2.10. The number of carbonyl (C=O) groups is 3. The minimum Gasteiger partial charge on any atom is -0.450 e. The topological polar surface area (TPSA) is 75.7 Å². The maximum absolute atomic E-state index is 14.4. The van der Waals surface area contributed by atoms with Crippen molar-refractivity contribution in [3.8, 4) is 0 Å². The maximum Gasteiger partial charge on any atom is 0.425 e. The molecule has 1 N–H and O–H groups in total. The molecule has 0 saturated heterocycles. The van der Waals surface area contributed by atoms with Gasteiger partial charge in [0.15, 0.2) is 5.78 Å². The van der Waals surface area contributed by atoms with E-state index in [4.69, 9.17) is 0 Å². The molecule has 6 nitrogen and oxygen atoms in total. The molecule has 1 aromatic carbocycles. The van der Waals surface area contributed by atoms with Crippen LogP contribution >= 0.6 is 0 Å². The second-order valence-electron chi connectivity index (χ2n) is 8.55. The fraction of sp³-hybridized carbons (Fsp3) is 0.500. The van der Waals surface area contributed by atoms with Crippen molar-refractivity contribution in [1.82, 2.24) is 10.2 Å². The van der Waals surface area contributed by atoms with Gasteiger partial charge >= 0.3 is 12.3 Å². The van der Waals surface area contributed by atoms with E-state index in [0.717, 1.165) is 10.5 Å². The summed E-state index contributed by atoms with van der Waals surface area (Å²) in [7, 11) is 0. The van der Waals surface area contributed by atoms with Gasteiger partial charge in [-0.1, -0.05) is 44.2 Å². The first-order valence-electron chi connectivity index (χ1n) is 10.1. The molecule has 168 valence electrons. The number of carbonyl (C=O) groups excluding carboxylic acids is 3. The largest absolute Gasteiger partial charge is 0.450 e. The van der Waals surface area contributed by atoms with E-state index in [0.29, 0.717) is 6.42 Å². The Labute approximate surface area is 178 Å². The highest BCUT2D eigenvalue weighted by molar-refractivity contribution is 6.13. The Bertz CT molecular complexity index is 924. The lowest BCUT2D eigenvalue weighted by molar-refractivity contribution is -0.191. The van der Waals surface area contributed by atoms with E-state index < -0.39 is 40.5 Å². The molecule has 0 saturated carbocycles. The molecule has 9 heteroatoms. The Hall–Kier alpha value is -2.84. The number of ether oxygens (including phenoxy) is 1. The van der Waals surface area contributed by atoms with E-state index in [1.807, 2.05) is 6.07 Å². The molecule has 1 aliphatic carbocycles. The van der Waals surface area contributed by atoms with E-state index in [-0.39, 0.29) is 31.7 Å². The highest BCUT2D eigenvalue weighted by Crippen LogP contribution is 2.51. The van der Waals surface area contributed by atoms with E-state index in [9.17, 15) is 27.6 Å². The predicted octanol–water partition coefficient (Wildman–Crippen LogP) is 3.76. The Kier molecular flexibility index (Phi) is 5.90. The molecule has 0 aromatic heterocycles. The van der Waals surface area contributed by atoms with Gasteiger partial charge < -0.3 is 9.64 Å². The lowest BCUT2D eigenvalue weighted by atomic mass is 9.72. The number of rotatable bonds is 5. The van der Waals surface area contributed by atoms with Gasteiger partial charge in [0.25, 0.3) is 5.91 Å². The summed E-state index contributed by atoms with van der Waals surface area (Å²) in [6.07, 6.45) is -6.38. The van der Waals surface area contributed by atoms with Gasteiger partial charge in [-0.25, -0.2) is 4.79 Å². The zero-order chi connectivity index (χ0) is 23.0. The summed E-state index contributed by atoms with van der Waals surface area (Å²) in [6.45, 7) is 4.73. The summed E-state index contributed by atoms with van der Waals surface area (Å²) >= 11 is 0. The second-order valence-corrected chi connectivity index (χ2v) is 8.55. The van der Waals surface area contributed by atoms with E-state index in [1.165, 1.54) is 6.92 Å². The van der Waals surface area contributed by atoms with Crippen LogP contribution in [0.3, 0.4) is 0 Å². The van der Waals surface area contributed by atoms with Gasteiger partial charge in [-0.3, -0.25) is 14.9 Å². The number of benzene rings is 1. The van der Waals surface area contributed by atoms with Crippen LogP contribution in [-0.2, 0) is 20.7 Å². The third kappa shape index (κ3) is 4.05. The van der Waals surface area contributed by atoms with Crippen LogP contribution in [0.5, 0.6) is 0 Å². The van der Waals surface area contributed by atoms with Crippen molar-refractivity contribution in [1.29, 1.82) is 0 Å². The summed E-state index contributed by atoms with van der Waals surface area (Å²) in [5, 5.41) is 1.71. The van der Waals surface area contributed by atoms with Crippen LogP contribution in [0.25, 0.3) is 0 Å². The number of Topliss-reactive ketones (excluding diaryl/α,β-unsaturated/α-hetero) is 1. The van der Waals surface area contributed by atoms with Crippen molar-refractivity contribution in [2.24, 2.45) is 5.41 Å². The SMILES string of the molecule is CCOC(=O)NC1(C(F)(F)F)C(=O)N(CCc2ccccc2)C2=C1C(=O)CC(C)(C)C2. The van der Waals surface area contributed by atoms with Crippen LogP contribution in [0.2, 0.25) is 0 Å². The minimum absolute atomic E-state index is 0.0244. The number of amides is 2. The number of hydrogen-bond acceptors (Lipinski definition) is 4. The van der Waals surface area contributed by atoms with Gasteiger partial charge in [-0.05, 0) is 30.7 Å². The number of halogens is 3. The summed E-state index contributed by atoms with van der Waals surface area (Å²) < 4.78 is 47.9. The Morgan fingerprint density at radius 1 is 1.16 bits per heavy atom. The first-order chi connectivity index (χ1) is 14.4.